The van der Waals surface area contributed by atoms with Crippen molar-refractivity contribution in [2.75, 3.05) is 18.4 Å². The number of pyridine rings is 1. The predicted octanol–water partition coefficient (Wildman–Crippen LogP) is 6.99. The molecule has 1 aliphatic heterocycles. The van der Waals surface area contributed by atoms with Crippen molar-refractivity contribution in [3.8, 4) is 16.9 Å². The van der Waals surface area contributed by atoms with Crippen LogP contribution in [0.1, 0.15) is 50.6 Å². The average molecular weight is 606 g/mol. The van der Waals surface area contributed by atoms with Crippen molar-refractivity contribution in [2.24, 2.45) is 7.05 Å². The van der Waals surface area contributed by atoms with E-state index in [1.807, 2.05) is 54.7 Å². The fraction of sp³-hybridized carbons (Fsp3) is 0.200. The maximum absolute atomic E-state index is 13.6. The first-order chi connectivity index (χ1) is 21.4. The third kappa shape index (κ3) is 6.82. The Labute approximate surface area is 261 Å². The lowest BCUT2D eigenvalue weighted by atomic mass is 9.88. The second kappa shape index (κ2) is 13.1. The number of amides is 2. The van der Waals surface area contributed by atoms with Crippen LogP contribution in [-0.2, 0) is 13.7 Å². The summed E-state index contributed by atoms with van der Waals surface area (Å²) in [6, 6.07) is 26.7. The molecule has 0 radical (unpaired) electrons. The summed E-state index contributed by atoms with van der Waals surface area (Å²) in [4.78, 5) is 32.6. The van der Waals surface area contributed by atoms with Gasteiger partial charge in [-0.1, -0.05) is 66.2 Å². The van der Waals surface area contributed by atoms with Crippen LogP contribution in [0, 0.1) is 0 Å². The van der Waals surface area contributed by atoms with Gasteiger partial charge in [-0.05, 0) is 65.8 Å². The summed E-state index contributed by atoms with van der Waals surface area (Å²) < 4.78 is 7.88. The molecule has 3 heterocycles. The highest BCUT2D eigenvalue weighted by molar-refractivity contribution is 6.29. The molecule has 2 aromatic heterocycles. The van der Waals surface area contributed by atoms with Crippen molar-refractivity contribution in [1.29, 1.82) is 0 Å². The first-order valence-corrected chi connectivity index (χ1v) is 14.9. The fourth-order valence-corrected chi connectivity index (χ4v) is 5.55. The zero-order valence-corrected chi connectivity index (χ0v) is 25.1. The summed E-state index contributed by atoms with van der Waals surface area (Å²) in [5.41, 5.74) is 5.75. The molecule has 5 aromatic rings. The number of hydrogen-bond donors (Lipinski definition) is 1. The molecule has 6 rings (SSSR count). The number of nitrogens with zero attached hydrogens (tertiary/aromatic N) is 4. The standard InChI is InChI=1S/C35H32ClN5O3/c1-40-22-30(21-38-40)26-9-7-25(8-10-26)27-15-17-41(18-16-27)35(43)28-11-13-32(44-23-24-5-3-2-4-6-24)31(19-28)39-34(42)29-12-14-33(36)37-20-29/h2-14,19-22,27H,15-18,23H2,1H3,(H,39,42). The molecule has 9 heteroatoms. The predicted molar refractivity (Wildman–Crippen MR) is 171 cm³/mol. The molecule has 0 atom stereocenters. The second-order valence-electron chi connectivity index (χ2n) is 10.9. The van der Waals surface area contributed by atoms with Crippen LogP contribution < -0.4 is 10.1 Å². The van der Waals surface area contributed by atoms with Crippen LogP contribution in [0.3, 0.4) is 0 Å². The van der Waals surface area contributed by atoms with Crippen molar-refractivity contribution in [3.05, 3.63) is 131 Å². The molecule has 8 nitrogen and oxygen atoms in total. The van der Waals surface area contributed by atoms with Gasteiger partial charge in [0.1, 0.15) is 17.5 Å². The summed E-state index contributed by atoms with van der Waals surface area (Å²) in [7, 11) is 1.91. The van der Waals surface area contributed by atoms with Gasteiger partial charge in [-0.25, -0.2) is 4.98 Å². The minimum atomic E-state index is -0.376. The van der Waals surface area contributed by atoms with Crippen LogP contribution in [0.2, 0.25) is 5.15 Å². The zero-order valence-electron chi connectivity index (χ0n) is 24.3. The van der Waals surface area contributed by atoms with Crippen LogP contribution >= 0.6 is 11.6 Å². The van der Waals surface area contributed by atoms with Crippen molar-refractivity contribution in [1.82, 2.24) is 19.7 Å². The number of rotatable bonds is 8. The van der Waals surface area contributed by atoms with E-state index in [-0.39, 0.29) is 11.8 Å². The number of benzene rings is 3. The molecule has 0 aliphatic carbocycles. The summed E-state index contributed by atoms with van der Waals surface area (Å²) in [6.07, 6.45) is 7.04. The molecule has 44 heavy (non-hydrogen) atoms. The molecule has 1 aliphatic rings. The van der Waals surface area contributed by atoms with Gasteiger partial charge in [-0.3, -0.25) is 14.3 Å². The average Bonchev–Trinajstić information content (AvgIpc) is 3.51. The topological polar surface area (TPSA) is 89.4 Å². The third-order valence-electron chi connectivity index (χ3n) is 7.90. The molecule has 1 N–H and O–H groups in total. The smallest absolute Gasteiger partial charge is 0.257 e. The number of nitrogens with one attached hydrogen (secondary N) is 1. The second-order valence-corrected chi connectivity index (χ2v) is 11.3. The monoisotopic (exact) mass is 605 g/mol. The minimum Gasteiger partial charge on any atom is -0.487 e. The highest BCUT2D eigenvalue weighted by atomic mass is 35.5. The van der Waals surface area contributed by atoms with E-state index in [0.29, 0.717) is 53.3 Å². The maximum Gasteiger partial charge on any atom is 0.257 e. The largest absolute Gasteiger partial charge is 0.487 e. The Morgan fingerprint density at radius 1 is 0.909 bits per heavy atom. The van der Waals surface area contributed by atoms with Gasteiger partial charge in [-0.2, -0.15) is 5.10 Å². The molecule has 0 saturated carbocycles. The van der Waals surface area contributed by atoms with Crippen LogP contribution in [0.15, 0.2) is 104 Å². The highest BCUT2D eigenvalue weighted by Gasteiger charge is 2.25. The molecule has 0 bridgehead atoms. The van der Waals surface area contributed by atoms with Gasteiger partial charge in [0.15, 0.2) is 0 Å². The van der Waals surface area contributed by atoms with Crippen molar-refractivity contribution >= 4 is 29.1 Å². The molecule has 0 unspecified atom stereocenters. The number of piperidine rings is 1. The van der Waals surface area contributed by atoms with Crippen molar-refractivity contribution in [2.45, 2.75) is 25.4 Å². The molecule has 2 amide bonds. The van der Waals surface area contributed by atoms with E-state index in [1.165, 1.54) is 11.8 Å². The van der Waals surface area contributed by atoms with Gasteiger partial charge in [0.2, 0.25) is 0 Å². The SMILES string of the molecule is Cn1cc(-c2ccc(C3CCN(C(=O)c4ccc(OCc5ccccc5)c(NC(=O)c5ccc(Cl)nc5)c4)CC3)cc2)cn1. The summed E-state index contributed by atoms with van der Waals surface area (Å²) in [5, 5.41) is 7.46. The van der Waals surface area contributed by atoms with Gasteiger partial charge < -0.3 is 15.0 Å². The number of hydrogen-bond acceptors (Lipinski definition) is 5. The Morgan fingerprint density at radius 3 is 2.34 bits per heavy atom. The highest BCUT2D eigenvalue weighted by Crippen LogP contribution is 2.32. The van der Waals surface area contributed by atoms with E-state index in [0.717, 1.165) is 29.5 Å². The van der Waals surface area contributed by atoms with Gasteiger partial charge >= 0.3 is 0 Å². The Hall–Kier alpha value is -4.95. The first kappa shape index (κ1) is 29.1. The molecular weight excluding hydrogens is 574 g/mol. The molecule has 222 valence electrons. The lowest BCUT2D eigenvalue weighted by Gasteiger charge is -2.32. The number of carbonyl (C=O) groups is 2. The summed E-state index contributed by atoms with van der Waals surface area (Å²) in [5.74, 6) is 0.403. The molecule has 0 spiro atoms. The minimum absolute atomic E-state index is 0.0753. The number of carbonyl (C=O) groups excluding carboxylic acids is 2. The lowest BCUT2D eigenvalue weighted by molar-refractivity contribution is 0.0712. The Kier molecular flexibility index (Phi) is 8.70. The van der Waals surface area contributed by atoms with Crippen LogP contribution in [0.5, 0.6) is 5.75 Å². The Balaban J connectivity index is 1.14. The number of halogens is 1. The Morgan fingerprint density at radius 2 is 1.66 bits per heavy atom. The van der Waals surface area contributed by atoms with Crippen LogP contribution in [0.4, 0.5) is 5.69 Å². The quantitative estimate of drug-likeness (QED) is 0.193. The Bertz CT molecular complexity index is 1750. The van der Waals surface area contributed by atoms with E-state index in [2.05, 4.69) is 39.7 Å². The zero-order chi connectivity index (χ0) is 30.5. The van der Waals surface area contributed by atoms with E-state index < -0.39 is 0 Å². The van der Waals surface area contributed by atoms with E-state index >= 15 is 0 Å². The number of aromatic nitrogens is 3. The number of likely N-dealkylation sites (tertiary alicyclic amines) is 1. The summed E-state index contributed by atoms with van der Waals surface area (Å²) >= 11 is 5.90. The first-order valence-electron chi connectivity index (χ1n) is 14.5. The van der Waals surface area contributed by atoms with E-state index in [4.69, 9.17) is 16.3 Å². The molecule has 3 aromatic carbocycles. The number of aryl methyl sites for hydroxylation is 1. The molecular formula is C35H32ClN5O3. The third-order valence-corrected chi connectivity index (χ3v) is 8.13. The maximum atomic E-state index is 13.6. The van der Waals surface area contributed by atoms with Crippen LogP contribution in [0.25, 0.3) is 11.1 Å². The number of ether oxygens (including phenoxy) is 1. The van der Waals surface area contributed by atoms with Crippen molar-refractivity contribution < 1.29 is 14.3 Å². The number of anilines is 1. The van der Waals surface area contributed by atoms with Crippen LogP contribution in [-0.4, -0.2) is 44.6 Å². The van der Waals surface area contributed by atoms with Gasteiger partial charge in [0, 0.05) is 43.7 Å². The van der Waals surface area contributed by atoms with Crippen molar-refractivity contribution in [3.63, 3.8) is 0 Å². The van der Waals surface area contributed by atoms with Gasteiger partial charge in [-0.15, -0.1) is 0 Å². The van der Waals surface area contributed by atoms with E-state index in [9.17, 15) is 9.59 Å². The normalized spacial score (nSPS) is 13.5. The molecule has 1 saturated heterocycles. The summed E-state index contributed by atoms with van der Waals surface area (Å²) in [6.45, 7) is 1.62. The van der Waals surface area contributed by atoms with Gasteiger partial charge in [0.05, 0.1) is 17.4 Å². The lowest BCUT2D eigenvalue weighted by Crippen LogP contribution is -2.38. The molecule has 1 fully saturated rings. The fourth-order valence-electron chi connectivity index (χ4n) is 5.44. The van der Waals surface area contributed by atoms with E-state index in [1.54, 1.807) is 35.0 Å². The van der Waals surface area contributed by atoms with Gasteiger partial charge in [0.25, 0.3) is 11.8 Å².